The van der Waals surface area contributed by atoms with E-state index in [0.29, 0.717) is 5.56 Å². The van der Waals surface area contributed by atoms with Crippen LogP contribution in [0.15, 0.2) is 168 Å². The number of para-hydroxylation sites is 2. The third-order valence-electron chi connectivity index (χ3n) is 20.1. The average molecular weight is 1060 g/mol. The van der Waals surface area contributed by atoms with E-state index in [0.717, 1.165) is 92.6 Å². The molecule has 8 aromatic carbocycles. The summed E-state index contributed by atoms with van der Waals surface area (Å²) >= 11 is 0. The number of hydrogen-bond donors (Lipinski definition) is 0. The minimum absolute atomic E-state index is 0.0536. The Morgan fingerprint density at radius 1 is 0.512 bits per heavy atom. The molecule has 82 heavy (non-hydrogen) atoms. The molecule has 6 radical (unpaired) electrons. The van der Waals surface area contributed by atoms with Gasteiger partial charge in [0.15, 0.2) is 0 Å². The van der Waals surface area contributed by atoms with Crippen LogP contribution in [0.4, 0.5) is 51.2 Å². The molecule has 1 fully saturated rings. The summed E-state index contributed by atoms with van der Waals surface area (Å²) in [6.45, 7) is 28.4. The Morgan fingerprint density at radius 2 is 1.09 bits per heavy atom. The fourth-order valence-electron chi connectivity index (χ4n) is 15.5. The van der Waals surface area contributed by atoms with Crippen molar-refractivity contribution in [1.29, 1.82) is 0 Å². The Morgan fingerprint density at radius 3 is 1.72 bits per heavy atom. The second-order valence-electron chi connectivity index (χ2n) is 29.0. The van der Waals surface area contributed by atoms with E-state index in [1.807, 2.05) is 12.1 Å². The summed E-state index contributed by atoms with van der Waals surface area (Å²) in [6, 6.07) is 61.3. The van der Waals surface area contributed by atoms with Crippen molar-refractivity contribution in [2.75, 3.05) is 14.7 Å². The molecule has 9 aromatic rings. The molecular formula is C74H73B4N3O. The molecule has 402 valence electrons. The van der Waals surface area contributed by atoms with Gasteiger partial charge in [-0.15, -0.1) is 5.11 Å². The number of anilines is 9. The van der Waals surface area contributed by atoms with Crippen molar-refractivity contribution >= 4 is 109 Å². The van der Waals surface area contributed by atoms with Gasteiger partial charge in [-0.3, -0.25) is 0 Å². The Hall–Kier alpha value is -7.04. The minimum atomic E-state index is -1.65. The lowest BCUT2D eigenvalue weighted by atomic mass is 9.35. The van der Waals surface area contributed by atoms with Crippen LogP contribution in [0, 0.1) is 0 Å². The second kappa shape index (κ2) is 17.7. The smallest absolute Gasteiger partial charge is 0.297 e. The molecule has 2 bridgehead atoms. The Labute approximate surface area is 492 Å². The van der Waals surface area contributed by atoms with Crippen LogP contribution in [0.1, 0.15) is 154 Å². The zero-order valence-corrected chi connectivity index (χ0v) is 50.2. The quantitative estimate of drug-likeness (QED) is 0.148. The average Bonchev–Trinajstić information content (AvgIpc) is 1.79. The third-order valence-corrected chi connectivity index (χ3v) is 20.1. The summed E-state index contributed by atoms with van der Waals surface area (Å²) in [4.78, 5) is 7.49. The van der Waals surface area contributed by atoms with E-state index in [1.54, 1.807) is 0 Å². The lowest BCUT2D eigenvalue weighted by Gasteiger charge is -2.47. The molecule has 5 aliphatic rings. The topological polar surface area (TPSA) is 22.9 Å². The van der Waals surface area contributed by atoms with E-state index >= 15 is 0 Å². The zero-order chi connectivity index (χ0) is 57.4. The van der Waals surface area contributed by atoms with Crippen molar-refractivity contribution in [2.45, 2.75) is 153 Å². The van der Waals surface area contributed by atoms with E-state index in [9.17, 15) is 0 Å². The maximum atomic E-state index is 7.82. The minimum Gasteiger partial charge on any atom is -0.468 e. The molecule has 8 heteroatoms. The van der Waals surface area contributed by atoms with Gasteiger partial charge in [-0.05, 0) is 193 Å². The van der Waals surface area contributed by atoms with Gasteiger partial charge in [0.25, 0.3) is 6.71 Å². The van der Waals surface area contributed by atoms with Crippen LogP contribution in [0.2, 0.25) is 0 Å². The molecule has 2 atom stereocenters. The molecular weight excluding hydrogens is 990 g/mol. The molecule has 0 saturated heterocycles. The number of fused-ring (bicyclic) bond motifs is 12. The van der Waals surface area contributed by atoms with Gasteiger partial charge in [-0.25, -0.2) is 0 Å². The first-order valence-electron chi connectivity index (χ1n) is 29.9. The summed E-state index contributed by atoms with van der Waals surface area (Å²) in [5.41, 5.74) is 24.8. The Kier molecular flexibility index (Phi) is 11.5. The molecule has 2 aliphatic heterocycles. The zero-order valence-electron chi connectivity index (χ0n) is 50.2. The SMILES string of the molecule is [B]C([B])([B])c1ccccc1N(c1ccccc1)c1cc2c3c(c1)N(c1ccc(C(C)(C)C)cc1)c1c(oc4cc5c(cc14)C1(C)CCC5(C)C1)B3c1cc3c(cc1N2c1ccc(C(C)(C)C)cc1-c1ccccc1)C(C)(C)CCC3(C)C. The van der Waals surface area contributed by atoms with Crippen LogP contribution in [0.5, 0.6) is 0 Å². The van der Waals surface area contributed by atoms with Crippen LogP contribution in [-0.4, -0.2) is 30.3 Å². The first-order valence-corrected chi connectivity index (χ1v) is 29.9. The van der Waals surface area contributed by atoms with Crippen molar-refractivity contribution in [3.63, 3.8) is 0 Å². The number of hydrogen-bond acceptors (Lipinski definition) is 4. The lowest BCUT2D eigenvalue weighted by molar-refractivity contribution is 0.332. The summed E-state index contributed by atoms with van der Waals surface area (Å²) in [5.74, 6) is 0. The number of rotatable bonds is 7. The van der Waals surface area contributed by atoms with E-state index < -0.39 is 5.11 Å². The van der Waals surface area contributed by atoms with Gasteiger partial charge < -0.3 is 19.1 Å². The first kappa shape index (κ1) is 53.0. The first-order chi connectivity index (χ1) is 38.7. The Bertz CT molecular complexity index is 4080. The highest BCUT2D eigenvalue weighted by atomic mass is 16.3. The predicted octanol–water partition coefficient (Wildman–Crippen LogP) is 16.9. The van der Waals surface area contributed by atoms with Gasteiger partial charge in [0.05, 0.1) is 46.3 Å². The molecule has 1 aromatic heterocycles. The van der Waals surface area contributed by atoms with E-state index in [-0.39, 0.29) is 39.2 Å². The Balaban J connectivity index is 1.18. The summed E-state index contributed by atoms with van der Waals surface area (Å²) in [7, 11) is 20.5. The van der Waals surface area contributed by atoms with Crippen LogP contribution in [0.25, 0.3) is 22.1 Å². The van der Waals surface area contributed by atoms with E-state index in [1.165, 1.54) is 62.7 Å². The normalized spacial score (nSPS) is 20.1. The largest absolute Gasteiger partial charge is 0.468 e. The third kappa shape index (κ3) is 8.03. The highest BCUT2D eigenvalue weighted by Gasteiger charge is 2.55. The van der Waals surface area contributed by atoms with Crippen molar-refractivity contribution in [3.8, 4) is 11.1 Å². The monoisotopic (exact) mass is 1060 g/mol. The molecule has 3 aliphatic carbocycles. The van der Waals surface area contributed by atoms with Gasteiger partial charge in [0.2, 0.25) is 0 Å². The highest BCUT2D eigenvalue weighted by Crippen LogP contribution is 2.62. The molecule has 1 saturated carbocycles. The van der Waals surface area contributed by atoms with E-state index in [4.69, 9.17) is 28.0 Å². The van der Waals surface area contributed by atoms with Crippen LogP contribution in [0.3, 0.4) is 0 Å². The summed E-state index contributed by atoms with van der Waals surface area (Å²) < 4.78 is 7.82. The van der Waals surface area contributed by atoms with Crippen LogP contribution in [-0.2, 0) is 37.6 Å². The summed E-state index contributed by atoms with van der Waals surface area (Å²) in [6.07, 6.45) is 5.73. The molecule has 14 rings (SSSR count). The van der Waals surface area contributed by atoms with Crippen LogP contribution < -0.4 is 31.3 Å². The van der Waals surface area contributed by atoms with Gasteiger partial charge in [-0.1, -0.05) is 174 Å². The lowest BCUT2D eigenvalue weighted by Crippen LogP contribution is -2.61. The van der Waals surface area contributed by atoms with Crippen molar-refractivity contribution in [2.24, 2.45) is 0 Å². The molecule has 3 heterocycles. The standard InChI is InChI=1S/C74H73B4N3O/c1-68(2,3)46-27-30-49(31-28-46)80-62-38-50(79(48-23-17-14-18-24-48)60-26-20-19-25-53(60)74(75,76)77)39-63-65(62)78(67-66(80)52-40-56-57(43-64(52)82-67)73(12)36-35-72(56,11)44-73)58-41-54-55(71(9,10)34-33-70(54,7)8)42-61(58)81(63)59-32-29-47(69(4,5)6)37-51(59)45-21-15-13-16-22-45/h13-32,37-43H,33-36,44H2,1-12H3. The van der Waals surface area contributed by atoms with Gasteiger partial charge in [-0.2, -0.15) is 0 Å². The molecule has 0 spiro atoms. The van der Waals surface area contributed by atoms with Crippen molar-refractivity contribution < 1.29 is 4.42 Å². The molecule has 0 amide bonds. The number of nitrogens with zero attached hydrogens (tertiary/aromatic N) is 3. The highest BCUT2D eigenvalue weighted by molar-refractivity contribution is 7.00. The molecule has 0 N–H and O–H groups in total. The number of furan rings is 1. The maximum Gasteiger partial charge on any atom is 0.297 e. The molecule has 4 nitrogen and oxygen atoms in total. The van der Waals surface area contributed by atoms with Crippen molar-refractivity contribution in [3.05, 3.63) is 203 Å². The maximum absolute atomic E-state index is 7.82. The van der Waals surface area contributed by atoms with Gasteiger partial charge >= 0.3 is 0 Å². The summed E-state index contributed by atoms with van der Waals surface area (Å²) in [5, 5.41) is -0.499. The van der Waals surface area contributed by atoms with Gasteiger partial charge in [0.1, 0.15) is 5.58 Å². The molecule has 2 unspecified atom stereocenters. The number of benzene rings is 8. The van der Waals surface area contributed by atoms with E-state index in [2.05, 4.69) is 249 Å². The van der Waals surface area contributed by atoms with Crippen LogP contribution >= 0.6 is 0 Å². The fourth-order valence-corrected chi connectivity index (χ4v) is 15.5. The van der Waals surface area contributed by atoms with Crippen molar-refractivity contribution in [1.82, 2.24) is 0 Å². The van der Waals surface area contributed by atoms with Gasteiger partial charge in [0, 0.05) is 45.1 Å². The second-order valence-corrected chi connectivity index (χ2v) is 29.0. The fraction of sp³-hybridized carbons (Fsp3) is 0.324. The predicted molar refractivity (Wildman–Crippen MR) is 351 cm³/mol.